The highest BCUT2D eigenvalue weighted by atomic mass is 127. The van der Waals surface area contributed by atoms with E-state index in [-0.39, 0.29) is 0 Å². The lowest BCUT2D eigenvalue weighted by Gasteiger charge is -2.16. The summed E-state index contributed by atoms with van der Waals surface area (Å²) in [4.78, 5) is 0. The summed E-state index contributed by atoms with van der Waals surface area (Å²) in [7, 11) is 6.76. The molecule has 0 atom stereocenters. The Kier molecular flexibility index (Phi) is 7.24. The predicted octanol–water partition coefficient (Wildman–Crippen LogP) is 7.89. The average molecular weight is 602 g/mol. The number of hydrogen-bond donors (Lipinski definition) is 0. The van der Waals surface area contributed by atoms with Crippen LogP contribution in [0.3, 0.4) is 0 Å². The van der Waals surface area contributed by atoms with Crippen LogP contribution in [0.5, 0.6) is 23.0 Å². The molecule has 1 aliphatic carbocycles. The second-order valence-corrected chi connectivity index (χ2v) is 9.61. The zero-order chi connectivity index (χ0) is 25.9. The summed E-state index contributed by atoms with van der Waals surface area (Å²) in [5.41, 5.74) is 9.12. The highest BCUT2D eigenvalue weighted by molar-refractivity contribution is 14.1. The van der Waals surface area contributed by atoms with E-state index in [1.807, 2.05) is 42.5 Å². The third-order valence-corrected chi connectivity index (χ3v) is 7.67. The van der Waals surface area contributed by atoms with E-state index in [1.54, 1.807) is 28.4 Å². The minimum absolute atomic E-state index is 0.820. The molecule has 0 bridgehead atoms. The van der Waals surface area contributed by atoms with Crippen LogP contribution in [0.4, 0.5) is 0 Å². The molecule has 0 N–H and O–H groups in total. The number of hydrogen-bond acceptors (Lipinski definition) is 4. The first-order valence-corrected chi connectivity index (χ1v) is 12.9. The van der Waals surface area contributed by atoms with Gasteiger partial charge in [-0.05, 0) is 105 Å². The lowest BCUT2D eigenvalue weighted by Crippen LogP contribution is -1.96. The van der Waals surface area contributed by atoms with Crippen molar-refractivity contribution in [3.8, 4) is 23.0 Å². The lowest BCUT2D eigenvalue weighted by molar-refractivity contribution is 0.414. The summed E-state index contributed by atoms with van der Waals surface area (Å²) in [5.74, 6) is 3.29. The van der Waals surface area contributed by atoms with E-state index in [0.717, 1.165) is 56.4 Å². The van der Waals surface area contributed by atoms with Gasteiger partial charge in [0.05, 0.1) is 28.4 Å². The number of benzene rings is 4. The number of fused-ring (bicyclic) bond motifs is 1. The summed E-state index contributed by atoms with van der Waals surface area (Å²) in [5, 5.41) is 0. The largest absolute Gasteiger partial charge is 0.497 e. The van der Waals surface area contributed by atoms with E-state index >= 15 is 0 Å². The van der Waals surface area contributed by atoms with Crippen molar-refractivity contribution in [3.63, 3.8) is 0 Å². The van der Waals surface area contributed by atoms with Gasteiger partial charge < -0.3 is 18.9 Å². The summed E-state index contributed by atoms with van der Waals surface area (Å²) in [6.45, 7) is 0. The molecule has 1 aliphatic rings. The normalized spacial score (nSPS) is 12.3. The Morgan fingerprint density at radius 3 is 1.41 bits per heavy atom. The average Bonchev–Trinajstić information content (AvgIpc) is 3.24. The molecule has 0 fully saturated rings. The Morgan fingerprint density at radius 2 is 0.946 bits per heavy atom. The van der Waals surface area contributed by atoms with E-state index in [1.165, 1.54) is 14.7 Å². The molecule has 5 heteroatoms. The van der Waals surface area contributed by atoms with Gasteiger partial charge in [0.25, 0.3) is 0 Å². The van der Waals surface area contributed by atoms with Crippen LogP contribution in [0.1, 0.15) is 27.8 Å². The maximum Gasteiger partial charge on any atom is 0.119 e. The van der Waals surface area contributed by atoms with Crippen molar-refractivity contribution in [3.05, 3.63) is 122 Å². The van der Waals surface area contributed by atoms with Crippen LogP contribution < -0.4 is 18.9 Å². The number of allylic oxidation sites excluding steroid dienone is 2. The van der Waals surface area contributed by atoms with E-state index in [0.29, 0.717) is 0 Å². The standard InChI is InChI=1S/C32H27IO4/c1-34-23-11-5-20(6-12-23)29(21-7-13-24(35-2)14-8-21)31-28-19-26(37-4)17-18-27(28)30(32(31)33)22-9-15-25(36-3)16-10-22/h5-19H,1-4H3. The second kappa shape index (κ2) is 10.7. The van der Waals surface area contributed by atoms with Crippen molar-refractivity contribution < 1.29 is 18.9 Å². The highest BCUT2D eigenvalue weighted by Gasteiger charge is 2.30. The van der Waals surface area contributed by atoms with Crippen LogP contribution in [0.15, 0.2) is 94.6 Å². The van der Waals surface area contributed by atoms with Crippen molar-refractivity contribution in [1.29, 1.82) is 0 Å². The molecule has 37 heavy (non-hydrogen) atoms. The summed E-state index contributed by atoms with van der Waals surface area (Å²) >= 11 is 2.49. The van der Waals surface area contributed by atoms with Gasteiger partial charge in [-0.15, -0.1) is 0 Å². The smallest absolute Gasteiger partial charge is 0.119 e. The topological polar surface area (TPSA) is 36.9 Å². The molecule has 186 valence electrons. The SMILES string of the molecule is COc1ccc(C(=C2C(I)=C(c3ccc(OC)cc3)c3ccc(OC)cc32)c2ccc(OC)cc2)cc1. The Morgan fingerprint density at radius 1 is 0.514 bits per heavy atom. The molecule has 0 heterocycles. The van der Waals surface area contributed by atoms with Gasteiger partial charge in [-0.25, -0.2) is 0 Å². The summed E-state index contributed by atoms with van der Waals surface area (Å²) in [6.07, 6.45) is 0. The number of ether oxygens (including phenoxy) is 4. The molecule has 0 spiro atoms. The van der Waals surface area contributed by atoms with Crippen LogP contribution in [-0.2, 0) is 0 Å². The molecule has 0 aromatic heterocycles. The summed E-state index contributed by atoms with van der Waals surface area (Å²) < 4.78 is 23.1. The monoisotopic (exact) mass is 602 g/mol. The van der Waals surface area contributed by atoms with Crippen LogP contribution in [0.2, 0.25) is 0 Å². The third kappa shape index (κ3) is 4.71. The molecule has 0 amide bonds. The summed E-state index contributed by atoms with van der Waals surface area (Å²) in [6, 6.07) is 31.0. The van der Waals surface area contributed by atoms with Crippen LogP contribution in [0, 0.1) is 0 Å². The van der Waals surface area contributed by atoms with Crippen LogP contribution in [-0.4, -0.2) is 28.4 Å². The van der Waals surface area contributed by atoms with Gasteiger partial charge in [-0.3, -0.25) is 0 Å². The molecule has 4 nitrogen and oxygen atoms in total. The molecule has 0 aliphatic heterocycles. The first-order valence-electron chi connectivity index (χ1n) is 11.8. The van der Waals surface area contributed by atoms with Gasteiger partial charge in [0.15, 0.2) is 0 Å². The van der Waals surface area contributed by atoms with Crippen molar-refractivity contribution in [2.24, 2.45) is 0 Å². The van der Waals surface area contributed by atoms with Crippen LogP contribution in [0.25, 0.3) is 16.7 Å². The molecule has 0 saturated heterocycles. The fourth-order valence-corrected chi connectivity index (χ4v) is 5.85. The first-order chi connectivity index (χ1) is 18.1. The fraction of sp³-hybridized carbons (Fsp3) is 0.125. The fourth-order valence-electron chi connectivity index (χ4n) is 4.69. The van der Waals surface area contributed by atoms with Gasteiger partial charge in [0.1, 0.15) is 23.0 Å². The van der Waals surface area contributed by atoms with E-state index in [4.69, 9.17) is 18.9 Å². The molecule has 4 aromatic carbocycles. The predicted molar refractivity (Wildman–Crippen MR) is 158 cm³/mol. The van der Waals surface area contributed by atoms with Gasteiger partial charge >= 0.3 is 0 Å². The molecular formula is C32H27IO4. The van der Waals surface area contributed by atoms with Gasteiger partial charge in [0.2, 0.25) is 0 Å². The molecule has 0 unspecified atom stereocenters. The molecule has 0 saturated carbocycles. The number of rotatable bonds is 7. The first kappa shape index (κ1) is 25.0. The highest BCUT2D eigenvalue weighted by Crippen LogP contribution is 2.52. The van der Waals surface area contributed by atoms with Crippen LogP contribution >= 0.6 is 22.6 Å². The Labute approximate surface area is 231 Å². The zero-order valence-corrected chi connectivity index (χ0v) is 23.3. The second-order valence-electron chi connectivity index (χ2n) is 8.54. The quantitative estimate of drug-likeness (QED) is 0.202. The molecular weight excluding hydrogens is 575 g/mol. The van der Waals surface area contributed by atoms with Crippen molar-refractivity contribution in [2.75, 3.05) is 28.4 Å². The van der Waals surface area contributed by atoms with Gasteiger partial charge in [-0.1, -0.05) is 42.5 Å². The van der Waals surface area contributed by atoms with E-state index < -0.39 is 0 Å². The van der Waals surface area contributed by atoms with Gasteiger partial charge in [0, 0.05) is 14.7 Å². The van der Waals surface area contributed by atoms with Crippen molar-refractivity contribution in [2.45, 2.75) is 0 Å². The molecule has 4 aromatic rings. The van der Waals surface area contributed by atoms with E-state index in [9.17, 15) is 0 Å². The molecule has 5 rings (SSSR count). The zero-order valence-electron chi connectivity index (χ0n) is 21.2. The third-order valence-electron chi connectivity index (χ3n) is 6.59. The van der Waals surface area contributed by atoms with E-state index in [2.05, 4.69) is 71.1 Å². The Balaban J connectivity index is 1.83. The van der Waals surface area contributed by atoms with Gasteiger partial charge in [-0.2, -0.15) is 0 Å². The van der Waals surface area contributed by atoms with Crippen molar-refractivity contribution >= 4 is 39.3 Å². The maximum atomic E-state index is 5.65. The minimum Gasteiger partial charge on any atom is -0.497 e. The Bertz CT molecular complexity index is 1430. The molecule has 0 radical (unpaired) electrons. The number of halogens is 1. The Hall–Kier alpha value is -3.71. The lowest BCUT2D eigenvalue weighted by atomic mass is 9.90. The minimum atomic E-state index is 0.820. The van der Waals surface area contributed by atoms with Crippen molar-refractivity contribution in [1.82, 2.24) is 0 Å². The maximum absolute atomic E-state index is 5.65. The number of methoxy groups -OCH3 is 4.